The molecular formula is C14H8Cl2I2O2. The fourth-order valence-corrected chi connectivity index (χ4v) is 4.19. The van der Waals surface area contributed by atoms with Gasteiger partial charge in [0.05, 0.1) is 9.13 Å². The van der Waals surface area contributed by atoms with Crippen molar-refractivity contribution in [2.24, 2.45) is 0 Å². The topological polar surface area (TPSA) is 26.3 Å². The van der Waals surface area contributed by atoms with Gasteiger partial charge in [-0.2, -0.15) is 0 Å². The molecule has 0 amide bonds. The fourth-order valence-electron chi connectivity index (χ4n) is 1.63. The van der Waals surface area contributed by atoms with E-state index < -0.39 is 0 Å². The van der Waals surface area contributed by atoms with E-state index in [2.05, 4.69) is 45.2 Å². The van der Waals surface area contributed by atoms with Gasteiger partial charge in [-0.3, -0.25) is 4.79 Å². The molecule has 0 heterocycles. The number of ether oxygens (including phenoxy) is 1. The van der Waals surface area contributed by atoms with Crippen LogP contribution >= 0.6 is 68.4 Å². The highest BCUT2D eigenvalue weighted by Gasteiger charge is 2.12. The third kappa shape index (κ3) is 3.78. The second-order valence-electron chi connectivity index (χ2n) is 3.91. The van der Waals surface area contributed by atoms with Crippen LogP contribution in [0.15, 0.2) is 30.3 Å². The summed E-state index contributed by atoms with van der Waals surface area (Å²) in [6.07, 6.45) is 0.786. The van der Waals surface area contributed by atoms with Crippen molar-refractivity contribution in [2.75, 3.05) is 0 Å². The lowest BCUT2D eigenvalue weighted by Gasteiger charge is -2.13. The highest BCUT2D eigenvalue weighted by molar-refractivity contribution is 14.1. The van der Waals surface area contributed by atoms with Crippen molar-refractivity contribution in [1.29, 1.82) is 0 Å². The number of aldehydes is 1. The van der Waals surface area contributed by atoms with E-state index in [0.29, 0.717) is 26.9 Å². The molecule has 0 saturated carbocycles. The molecule has 2 aromatic carbocycles. The average molecular weight is 533 g/mol. The molecule has 6 heteroatoms. The van der Waals surface area contributed by atoms with E-state index in [1.54, 1.807) is 24.3 Å². The Kier molecular flexibility index (Phi) is 5.95. The highest BCUT2D eigenvalue weighted by atomic mass is 127. The van der Waals surface area contributed by atoms with E-state index >= 15 is 0 Å². The predicted molar refractivity (Wildman–Crippen MR) is 98.1 cm³/mol. The molecule has 0 aliphatic rings. The van der Waals surface area contributed by atoms with Crippen molar-refractivity contribution >= 4 is 74.7 Å². The smallest absolute Gasteiger partial charge is 0.153 e. The van der Waals surface area contributed by atoms with Gasteiger partial charge in [0.1, 0.15) is 12.4 Å². The molecule has 0 spiro atoms. The van der Waals surface area contributed by atoms with Crippen LogP contribution in [0.3, 0.4) is 0 Å². The lowest BCUT2D eigenvalue weighted by Crippen LogP contribution is -2.02. The van der Waals surface area contributed by atoms with Crippen LogP contribution in [0.1, 0.15) is 15.9 Å². The Bertz CT molecular complexity index is 640. The van der Waals surface area contributed by atoms with Crippen molar-refractivity contribution < 1.29 is 9.53 Å². The first-order valence-corrected chi connectivity index (χ1v) is 8.44. The molecular weight excluding hydrogens is 525 g/mol. The fraction of sp³-hybridized carbons (Fsp3) is 0.0714. The molecule has 0 N–H and O–H groups in total. The molecule has 0 aliphatic carbocycles. The number of hydrogen-bond acceptors (Lipinski definition) is 2. The minimum Gasteiger partial charge on any atom is -0.487 e. The zero-order valence-corrected chi connectivity index (χ0v) is 15.8. The molecule has 20 heavy (non-hydrogen) atoms. The average Bonchev–Trinajstić information content (AvgIpc) is 2.39. The van der Waals surface area contributed by atoms with Crippen LogP contribution in [-0.2, 0) is 6.61 Å². The van der Waals surface area contributed by atoms with Gasteiger partial charge in [0.25, 0.3) is 0 Å². The van der Waals surface area contributed by atoms with Crippen LogP contribution in [0.2, 0.25) is 10.0 Å². The summed E-state index contributed by atoms with van der Waals surface area (Å²) in [5, 5.41) is 1.09. The summed E-state index contributed by atoms with van der Waals surface area (Å²) in [6.45, 7) is 0.218. The Morgan fingerprint density at radius 3 is 2.40 bits per heavy atom. The summed E-state index contributed by atoms with van der Waals surface area (Å²) in [5.74, 6) is 0.553. The van der Waals surface area contributed by atoms with E-state index in [4.69, 9.17) is 27.9 Å². The molecule has 0 fully saturated rings. The molecule has 0 radical (unpaired) electrons. The summed E-state index contributed by atoms with van der Waals surface area (Å²) in [6, 6.07) is 9.01. The summed E-state index contributed by atoms with van der Waals surface area (Å²) in [4.78, 5) is 11.1. The quantitative estimate of drug-likeness (QED) is 0.379. The molecule has 2 nitrogen and oxygen atoms in total. The number of benzene rings is 2. The Hall–Kier alpha value is -0.0500. The van der Waals surface area contributed by atoms with Crippen molar-refractivity contribution in [3.63, 3.8) is 0 Å². The number of carbonyl (C=O) groups is 1. The van der Waals surface area contributed by atoms with Gasteiger partial charge in [-0.25, -0.2) is 0 Å². The molecule has 2 aromatic rings. The van der Waals surface area contributed by atoms with Crippen molar-refractivity contribution in [2.45, 2.75) is 6.61 Å². The van der Waals surface area contributed by atoms with E-state index in [9.17, 15) is 4.79 Å². The van der Waals surface area contributed by atoms with Crippen molar-refractivity contribution in [3.8, 4) is 5.75 Å². The first-order valence-electron chi connectivity index (χ1n) is 5.53. The zero-order chi connectivity index (χ0) is 14.7. The summed E-state index contributed by atoms with van der Waals surface area (Å²) in [7, 11) is 0. The molecule has 0 bridgehead atoms. The van der Waals surface area contributed by atoms with E-state index in [1.165, 1.54) is 0 Å². The van der Waals surface area contributed by atoms with Gasteiger partial charge >= 0.3 is 0 Å². The summed E-state index contributed by atoms with van der Waals surface area (Å²) in [5.41, 5.74) is 1.23. The Morgan fingerprint density at radius 2 is 1.80 bits per heavy atom. The molecule has 0 atom stereocenters. The number of halogens is 4. The largest absolute Gasteiger partial charge is 0.487 e. The van der Waals surface area contributed by atoms with Gasteiger partial charge < -0.3 is 4.74 Å². The number of carbonyl (C=O) groups excluding carboxylic acids is 1. The second-order valence-corrected chi connectivity index (χ2v) is 7.13. The minimum atomic E-state index is 0.218. The SMILES string of the molecule is O=Cc1cc(I)cc(I)c1OCc1c(Cl)cccc1Cl. The molecule has 2 rings (SSSR count). The maximum Gasteiger partial charge on any atom is 0.153 e. The van der Waals surface area contributed by atoms with E-state index in [0.717, 1.165) is 13.4 Å². The maximum atomic E-state index is 11.1. The third-order valence-electron chi connectivity index (χ3n) is 2.59. The van der Waals surface area contributed by atoms with Crippen LogP contribution in [0.25, 0.3) is 0 Å². The molecule has 0 unspecified atom stereocenters. The molecule has 0 aromatic heterocycles. The molecule has 0 aliphatic heterocycles. The van der Waals surface area contributed by atoms with Crippen LogP contribution in [0, 0.1) is 7.14 Å². The van der Waals surface area contributed by atoms with Crippen molar-refractivity contribution in [3.05, 3.63) is 58.6 Å². The second kappa shape index (κ2) is 7.29. The van der Waals surface area contributed by atoms with Crippen LogP contribution in [0.5, 0.6) is 5.75 Å². The van der Waals surface area contributed by atoms with Gasteiger partial charge in [0.2, 0.25) is 0 Å². The predicted octanol–water partition coefficient (Wildman–Crippen LogP) is 5.59. The van der Waals surface area contributed by atoms with E-state index in [-0.39, 0.29) is 6.61 Å². The normalized spacial score (nSPS) is 10.4. The Labute approximate surface area is 154 Å². The van der Waals surface area contributed by atoms with Gasteiger partial charge in [-0.05, 0) is 69.4 Å². The molecule has 104 valence electrons. The number of rotatable bonds is 4. The first-order chi connectivity index (χ1) is 9.52. The van der Waals surface area contributed by atoms with Crippen LogP contribution in [-0.4, -0.2) is 6.29 Å². The monoisotopic (exact) mass is 532 g/mol. The van der Waals surface area contributed by atoms with Crippen LogP contribution < -0.4 is 4.74 Å². The molecule has 0 saturated heterocycles. The standard InChI is InChI=1S/C14H8Cl2I2O2/c15-11-2-1-3-12(16)10(11)7-20-14-8(6-19)4-9(17)5-13(14)18/h1-6H,7H2. The lowest BCUT2D eigenvalue weighted by molar-refractivity contribution is 0.111. The van der Waals surface area contributed by atoms with Crippen molar-refractivity contribution in [1.82, 2.24) is 0 Å². The van der Waals surface area contributed by atoms with Gasteiger partial charge in [0.15, 0.2) is 6.29 Å². The zero-order valence-electron chi connectivity index (χ0n) is 10.00. The van der Waals surface area contributed by atoms with Gasteiger partial charge in [-0.15, -0.1) is 0 Å². The summed E-state index contributed by atoms with van der Waals surface area (Å²) < 4.78 is 7.61. The van der Waals surface area contributed by atoms with Crippen LogP contribution in [0.4, 0.5) is 0 Å². The highest BCUT2D eigenvalue weighted by Crippen LogP contribution is 2.30. The Morgan fingerprint density at radius 1 is 1.15 bits per heavy atom. The number of hydrogen-bond donors (Lipinski definition) is 0. The summed E-state index contributed by atoms with van der Waals surface area (Å²) >= 11 is 16.5. The van der Waals surface area contributed by atoms with Gasteiger partial charge in [0, 0.05) is 19.2 Å². The maximum absolute atomic E-state index is 11.1. The lowest BCUT2D eigenvalue weighted by atomic mass is 10.2. The van der Waals surface area contributed by atoms with E-state index in [1.807, 2.05) is 6.07 Å². The minimum absolute atomic E-state index is 0.218. The first kappa shape index (κ1) is 16.3. The Balaban J connectivity index is 2.30. The third-order valence-corrected chi connectivity index (χ3v) is 4.72. The van der Waals surface area contributed by atoms with Gasteiger partial charge in [-0.1, -0.05) is 29.3 Å².